The highest BCUT2D eigenvalue weighted by molar-refractivity contribution is 7.10. The van der Waals surface area contributed by atoms with Gasteiger partial charge in [-0.15, -0.1) is 5.10 Å². The maximum absolute atomic E-state index is 10.3. The van der Waals surface area contributed by atoms with Gasteiger partial charge in [-0.2, -0.15) is 0 Å². The minimum atomic E-state index is -0.519. The number of hydrogen-bond acceptors (Lipinski definition) is 7. The van der Waals surface area contributed by atoms with Crippen LogP contribution in [0.1, 0.15) is 31.4 Å². The number of nitrogens with two attached hydrogens (primary N) is 1. The number of hydrogen-bond donors (Lipinski definition) is 3. The zero-order valence-corrected chi connectivity index (χ0v) is 10.8. The Morgan fingerprint density at radius 3 is 2.88 bits per heavy atom. The number of nitrogens with zero attached hydrogens (tertiary/aromatic N) is 3. The standard InChI is InChI=1S/C10H19N5OS/c1-15(7-10(16)4-2-3-5-10)6-8-9(12-11)17-14-13-8/h12,16H,2-7,11H2,1H3. The van der Waals surface area contributed by atoms with E-state index in [4.69, 9.17) is 5.84 Å². The van der Waals surface area contributed by atoms with Crippen molar-refractivity contribution in [3.8, 4) is 0 Å². The van der Waals surface area contributed by atoms with Crippen molar-refractivity contribution < 1.29 is 5.11 Å². The molecule has 0 unspecified atom stereocenters. The van der Waals surface area contributed by atoms with E-state index in [1.54, 1.807) is 0 Å². The molecule has 0 amide bonds. The van der Waals surface area contributed by atoms with Gasteiger partial charge in [0.2, 0.25) is 0 Å². The van der Waals surface area contributed by atoms with Crippen LogP contribution in [0.5, 0.6) is 0 Å². The summed E-state index contributed by atoms with van der Waals surface area (Å²) in [6.07, 6.45) is 4.04. The van der Waals surface area contributed by atoms with E-state index in [1.165, 1.54) is 11.5 Å². The van der Waals surface area contributed by atoms with Crippen LogP contribution in [-0.2, 0) is 6.54 Å². The lowest BCUT2D eigenvalue weighted by Gasteiger charge is -2.28. The summed E-state index contributed by atoms with van der Waals surface area (Å²) in [5.74, 6) is 5.37. The van der Waals surface area contributed by atoms with Crippen LogP contribution in [0.3, 0.4) is 0 Å². The van der Waals surface area contributed by atoms with Crippen molar-refractivity contribution in [3.05, 3.63) is 5.69 Å². The Balaban J connectivity index is 1.90. The zero-order valence-electron chi connectivity index (χ0n) is 10.0. The van der Waals surface area contributed by atoms with Crippen molar-refractivity contribution in [2.24, 2.45) is 5.84 Å². The summed E-state index contributed by atoms with van der Waals surface area (Å²) < 4.78 is 3.86. The molecule has 96 valence electrons. The fourth-order valence-corrected chi connectivity index (χ4v) is 2.91. The molecule has 17 heavy (non-hydrogen) atoms. The molecule has 4 N–H and O–H groups in total. The van der Waals surface area contributed by atoms with Gasteiger partial charge in [-0.05, 0) is 19.9 Å². The van der Waals surface area contributed by atoms with Gasteiger partial charge >= 0.3 is 0 Å². The first-order valence-electron chi connectivity index (χ1n) is 5.82. The summed E-state index contributed by atoms with van der Waals surface area (Å²) in [4.78, 5) is 2.07. The highest BCUT2D eigenvalue weighted by Crippen LogP contribution is 2.30. The van der Waals surface area contributed by atoms with Crippen LogP contribution in [0.15, 0.2) is 0 Å². The van der Waals surface area contributed by atoms with Crippen LogP contribution in [0.2, 0.25) is 0 Å². The van der Waals surface area contributed by atoms with E-state index < -0.39 is 5.60 Å². The lowest BCUT2D eigenvalue weighted by atomic mass is 10.0. The van der Waals surface area contributed by atoms with Crippen molar-refractivity contribution in [2.45, 2.75) is 37.8 Å². The largest absolute Gasteiger partial charge is 0.389 e. The van der Waals surface area contributed by atoms with Gasteiger partial charge in [0.25, 0.3) is 0 Å². The van der Waals surface area contributed by atoms with Crippen molar-refractivity contribution in [2.75, 3.05) is 19.0 Å². The molecular formula is C10H19N5OS. The molecule has 1 saturated carbocycles. The van der Waals surface area contributed by atoms with Crippen LogP contribution in [0, 0.1) is 0 Å². The monoisotopic (exact) mass is 257 g/mol. The van der Waals surface area contributed by atoms with E-state index in [9.17, 15) is 5.11 Å². The molecule has 2 rings (SSSR count). The van der Waals surface area contributed by atoms with E-state index in [-0.39, 0.29) is 0 Å². The van der Waals surface area contributed by atoms with Gasteiger partial charge in [0.15, 0.2) is 0 Å². The topological polar surface area (TPSA) is 87.3 Å². The molecule has 0 spiro atoms. The van der Waals surface area contributed by atoms with Crippen LogP contribution in [0.25, 0.3) is 0 Å². The second-order valence-electron chi connectivity index (χ2n) is 4.80. The van der Waals surface area contributed by atoms with Gasteiger partial charge < -0.3 is 10.5 Å². The van der Waals surface area contributed by atoms with E-state index >= 15 is 0 Å². The normalized spacial score (nSPS) is 18.8. The highest BCUT2D eigenvalue weighted by Gasteiger charge is 2.32. The van der Waals surface area contributed by atoms with Gasteiger partial charge in [-0.1, -0.05) is 17.3 Å². The summed E-state index contributed by atoms with van der Waals surface area (Å²) in [7, 11) is 1.98. The first kappa shape index (κ1) is 12.7. The Bertz CT molecular complexity index is 363. The highest BCUT2D eigenvalue weighted by atomic mass is 32.1. The predicted molar refractivity (Wildman–Crippen MR) is 67.5 cm³/mol. The molecule has 0 atom stereocenters. The van der Waals surface area contributed by atoms with Gasteiger partial charge in [-0.25, -0.2) is 5.84 Å². The lowest BCUT2D eigenvalue weighted by Crippen LogP contribution is -2.39. The van der Waals surface area contributed by atoms with Crippen molar-refractivity contribution in [1.29, 1.82) is 0 Å². The molecule has 1 aliphatic rings. The third kappa shape index (κ3) is 3.12. The zero-order chi connectivity index (χ0) is 12.3. The average molecular weight is 257 g/mol. The molecule has 1 aromatic rings. The number of rotatable bonds is 5. The minimum absolute atomic E-state index is 0.519. The Kier molecular flexibility index (Phi) is 3.93. The Morgan fingerprint density at radius 2 is 2.24 bits per heavy atom. The fraction of sp³-hybridized carbons (Fsp3) is 0.800. The van der Waals surface area contributed by atoms with E-state index in [0.717, 1.165) is 36.4 Å². The van der Waals surface area contributed by atoms with Gasteiger partial charge in [-0.3, -0.25) is 4.90 Å². The molecule has 0 radical (unpaired) electrons. The van der Waals surface area contributed by atoms with Crippen LogP contribution in [0.4, 0.5) is 5.00 Å². The summed E-state index contributed by atoms with van der Waals surface area (Å²) >= 11 is 1.25. The molecular weight excluding hydrogens is 238 g/mol. The number of anilines is 1. The Labute approximate surface area is 105 Å². The smallest absolute Gasteiger partial charge is 0.148 e. The summed E-state index contributed by atoms with van der Waals surface area (Å²) in [6, 6.07) is 0. The molecule has 1 heterocycles. The van der Waals surface area contributed by atoms with E-state index in [2.05, 4.69) is 19.9 Å². The molecule has 0 aromatic carbocycles. The first-order chi connectivity index (χ1) is 8.13. The molecule has 1 aliphatic carbocycles. The van der Waals surface area contributed by atoms with Gasteiger partial charge in [0.05, 0.1) is 5.60 Å². The number of aromatic nitrogens is 2. The van der Waals surface area contributed by atoms with E-state index in [0.29, 0.717) is 13.1 Å². The molecule has 7 heteroatoms. The lowest BCUT2D eigenvalue weighted by molar-refractivity contribution is 0.0143. The van der Waals surface area contributed by atoms with Gasteiger partial charge in [0, 0.05) is 24.6 Å². The van der Waals surface area contributed by atoms with Crippen LogP contribution in [-0.4, -0.2) is 38.8 Å². The third-order valence-electron chi connectivity index (χ3n) is 3.21. The van der Waals surface area contributed by atoms with Crippen molar-refractivity contribution >= 4 is 16.5 Å². The second-order valence-corrected chi connectivity index (χ2v) is 5.55. The summed E-state index contributed by atoms with van der Waals surface area (Å²) in [5, 5.41) is 15.1. The molecule has 0 saturated heterocycles. The number of likely N-dealkylation sites (N-methyl/N-ethyl adjacent to an activating group) is 1. The van der Waals surface area contributed by atoms with Crippen LogP contribution < -0.4 is 11.3 Å². The Morgan fingerprint density at radius 1 is 1.53 bits per heavy atom. The summed E-state index contributed by atoms with van der Waals surface area (Å²) in [5.41, 5.74) is 2.90. The van der Waals surface area contributed by atoms with E-state index in [1.807, 2.05) is 7.05 Å². The molecule has 1 fully saturated rings. The number of aliphatic hydroxyl groups is 1. The van der Waals surface area contributed by atoms with Crippen molar-refractivity contribution in [1.82, 2.24) is 14.5 Å². The SMILES string of the molecule is CN(Cc1nnsc1NN)CC1(O)CCCC1. The number of hydrazine groups is 1. The number of nitrogen functional groups attached to an aromatic ring is 1. The average Bonchev–Trinajstić information content (AvgIpc) is 2.87. The predicted octanol–water partition coefficient (Wildman–Crippen LogP) is 0.561. The minimum Gasteiger partial charge on any atom is -0.389 e. The Hall–Kier alpha value is -0.760. The fourth-order valence-electron chi connectivity index (χ4n) is 2.43. The second kappa shape index (κ2) is 5.26. The quantitative estimate of drug-likeness (QED) is 0.528. The third-order valence-corrected chi connectivity index (χ3v) is 3.90. The maximum atomic E-state index is 10.3. The first-order valence-corrected chi connectivity index (χ1v) is 6.59. The van der Waals surface area contributed by atoms with Gasteiger partial charge in [0.1, 0.15) is 10.7 Å². The molecule has 0 bridgehead atoms. The summed E-state index contributed by atoms with van der Waals surface area (Å²) in [6.45, 7) is 1.33. The number of nitrogens with one attached hydrogen (secondary N) is 1. The van der Waals surface area contributed by atoms with Crippen molar-refractivity contribution in [3.63, 3.8) is 0 Å². The molecule has 0 aliphatic heterocycles. The maximum Gasteiger partial charge on any atom is 0.148 e. The molecule has 6 nitrogen and oxygen atoms in total. The molecule has 1 aromatic heterocycles. The van der Waals surface area contributed by atoms with Crippen LogP contribution >= 0.6 is 11.5 Å².